The molecule has 24 heavy (non-hydrogen) atoms. The van der Waals surface area contributed by atoms with Crippen LogP contribution in [0.15, 0.2) is 30.5 Å². The number of amides is 1. The zero-order chi connectivity index (χ0) is 17.1. The SMILES string of the molecule is Cc1ccc(CN2CCN(C(=O)c3cc(N)ccn3)CC(O)C2)s1. The molecule has 128 valence electrons. The van der Waals surface area contributed by atoms with Crippen molar-refractivity contribution in [2.45, 2.75) is 19.6 Å². The van der Waals surface area contributed by atoms with Crippen LogP contribution in [0.1, 0.15) is 20.2 Å². The van der Waals surface area contributed by atoms with Gasteiger partial charge < -0.3 is 15.7 Å². The number of aryl methyl sites for hydroxylation is 1. The molecule has 0 bridgehead atoms. The molecule has 1 amide bonds. The minimum Gasteiger partial charge on any atom is -0.399 e. The lowest BCUT2D eigenvalue weighted by molar-refractivity contribution is 0.0658. The fraction of sp³-hybridized carbons (Fsp3) is 0.412. The van der Waals surface area contributed by atoms with Gasteiger partial charge in [-0.15, -0.1) is 11.3 Å². The van der Waals surface area contributed by atoms with E-state index in [1.54, 1.807) is 28.4 Å². The Kier molecular flexibility index (Phi) is 5.13. The number of hydrogen-bond acceptors (Lipinski definition) is 6. The molecule has 0 aromatic carbocycles. The van der Waals surface area contributed by atoms with Crippen molar-refractivity contribution < 1.29 is 9.90 Å². The van der Waals surface area contributed by atoms with Crippen LogP contribution in [0.25, 0.3) is 0 Å². The lowest BCUT2D eigenvalue weighted by Gasteiger charge is -2.21. The third kappa shape index (κ3) is 4.11. The van der Waals surface area contributed by atoms with Crippen molar-refractivity contribution >= 4 is 22.9 Å². The molecule has 1 saturated heterocycles. The average molecular weight is 346 g/mol. The van der Waals surface area contributed by atoms with E-state index in [-0.39, 0.29) is 5.91 Å². The summed E-state index contributed by atoms with van der Waals surface area (Å²) in [5.41, 5.74) is 6.56. The standard InChI is InChI=1S/C17H22N4O2S/c1-12-2-3-15(24-12)11-20-6-7-21(10-14(22)9-20)17(23)16-8-13(18)4-5-19-16/h2-5,8,14,22H,6-7,9-11H2,1H3,(H2,18,19). The number of hydrogen-bond donors (Lipinski definition) is 2. The van der Waals surface area contributed by atoms with E-state index >= 15 is 0 Å². The number of carbonyl (C=O) groups is 1. The highest BCUT2D eigenvalue weighted by Crippen LogP contribution is 2.18. The van der Waals surface area contributed by atoms with Gasteiger partial charge in [-0.25, -0.2) is 0 Å². The quantitative estimate of drug-likeness (QED) is 0.877. The van der Waals surface area contributed by atoms with Crippen molar-refractivity contribution in [1.29, 1.82) is 0 Å². The zero-order valence-corrected chi connectivity index (χ0v) is 14.5. The van der Waals surface area contributed by atoms with Gasteiger partial charge in [-0.1, -0.05) is 0 Å². The Balaban J connectivity index is 1.66. The van der Waals surface area contributed by atoms with Crippen molar-refractivity contribution in [2.75, 3.05) is 31.9 Å². The van der Waals surface area contributed by atoms with Gasteiger partial charge in [-0.3, -0.25) is 14.7 Å². The molecule has 3 heterocycles. The van der Waals surface area contributed by atoms with Gasteiger partial charge in [0.15, 0.2) is 0 Å². The highest BCUT2D eigenvalue weighted by molar-refractivity contribution is 7.11. The van der Waals surface area contributed by atoms with Gasteiger partial charge >= 0.3 is 0 Å². The van der Waals surface area contributed by atoms with Crippen LogP contribution in [-0.4, -0.2) is 58.1 Å². The maximum atomic E-state index is 12.6. The second kappa shape index (κ2) is 7.29. The lowest BCUT2D eigenvalue weighted by atomic mass is 10.2. The Morgan fingerprint density at radius 2 is 2.21 bits per heavy atom. The molecule has 0 radical (unpaired) electrons. The highest BCUT2D eigenvalue weighted by Gasteiger charge is 2.26. The lowest BCUT2D eigenvalue weighted by Crippen LogP contribution is -2.38. The summed E-state index contributed by atoms with van der Waals surface area (Å²) in [5, 5.41) is 10.3. The summed E-state index contributed by atoms with van der Waals surface area (Å²) in [6.07, 6.45) is 0.959. The van der Waals surface area contributed by atoms with Crippen LogP contribution in [-0.2, 0) is 6.54 Å². The first kappa shape index (κ1) is 16.9. The first-order valence-electron chi connectivity index (χ1n) is 7.98. The number of nitrogen functional groups attached to an aromatic ring is 1. The number of aliphatic hydroxyl groups is 1. The smallest absolute Gasteiger partial charge is 0.272 e. The summed E-state index contributed by atoms with van der Waals surface area (Å²) in [6, 6.07) is 7.46. The van der Waals surface area contributed by atoms with Gasteiger partial charge in [0.05, 0.1) is 6.10 Å². The summed E-state index contributed by atoms with van der Waals surface area (Å²) in [4.78, 5) is 23.1. The molecular weight excluding hydrogens is 324 g/mol. The Hall–Kier alpha value is -1.96. The molecule has 1 aliphatic rings. The van der Waals surface area contributed by atoms with Crippen molar-refractivity contribution in [3.8, 4) is 0 Å². The second-order valence-electron chi connectivity index (χ2n) is 6.13. The monoisotopic (exact) mass is 346 g/mol. The number of carbonyl (C=O) groups excluding carboxylic acids is 1. The van der Waals surface area contributed by atoms with E-state index in [9.17, 15) is 9.90 Å². The third-order valence-corrected chi connectivity index (χ3v) is 5.04. The summed E-state index contributed by atoms with van der Waals surface area (Å²) in [6.45, 7) is 5.05. The Bertz CT molecular complexity index is 718. The summed E-state index contributed by atoms with van der Waals surface area (Å²) in [7, 11) is 0. The molecule has 7 heteroatoms. The van der Waals surface area contributed by atoms with Gasteiger partial charge in [0, 0.05) is 54.4 Å². The Labute approximate surface area is 145 Å². The largest absolute Gasteiger partial charge is 0.399 e. The second-order valence-corrected chi connectivity index (χ2v) is 7.50. The molecular formula is C17H22N4O2S. The molecule has 0 saturated carbocycles. The van der Waals surface area contributed by atoms with E-state index in [2.05, 4.69) is 28.9 Å². The third-order valence-electron chi connectivity index (χ3n) is 4.05. The number of rotatable bonds is 3. The maximum absolute atomic E-state index is 12.6. The predicted molar refractivity (Wildman–Crippen MR) is 94.9 cm³/mol. The molecule has 3 rings (SSSR count). The van der Waals surface area contributed by atoms with Crippen LogP contribution in [0.3, 0.4) is 0 Å². The van der Waals surface area contributed by atoms with Crippen LogP contribution in [0.4, 0.5) is 5.69 Å². The highest BCUT2D eigenvalue weighted by atomic mass is 32.1. The van der Waals surface area contributed by atoms with Crippen LogP contribution in [0.2, 0.25) is 0 Å². The Morgan fingerprint density at radius 1 is 1.38 bits per heavy atom. The van der Waals surface area contributed by atoms with Crippen molar-refractivity contribution in [2.24, 2.45) is 0 Å². The van der Waals surface area contributed by atoms with E-state index in [1.165, 1.54) is 16.0 Å². The molecule has 1 unspecified atom stereocenters. The number of anilines is 1. The summed E-state index contributed by atoms with van der Waals surface area (Å²) < 4.78 is 0. The van der Waals surface area contributed by atoms with Crippen molar-refractivity contribution in [3.63, 3.8) is 0 Å². The first-order chi connectivity index (χ1) is 11.5. The van der Waals surface area contributed by atoms with Gasteiger partial charge in [-0.05, 0) is 31.2 Å². The van der Waals surface area contributed by atoms with E-state index in [0.29, 0.717) is 31.0 Å². The fourth-order valence-corrected chi connectivity index (χ4v) is 3.83. The van der Waals surface area contributed by atoms with E-state index < -0.39 is 6.10 Å². The van der Waals surface area contributed by atoms with Crippen LogP contribution in [0.5, 0.6) is 0 Å². The molecule has 6 nitrogen and oxygen atoms in total. The average Bonchev–Trinajstić information content (AvgIpc) is 2.85. The molecule has 1 fully saturated rings. The minimum absolute atomic E-state index is 0.185. The van der Waals surface area contributed by atoms with E-state index in [4.69, 9.17) is 5.73 Å². The number of β-amino-alcohol motifs (C(OH)–C–C–N with tert-alkyl or cyclic N) is 1. The van der Waals surface area contributed by atoms with Crippen LogP contribution in [0, 0.1) is 6.92 Å². The minimum atomic E-state index is -0.571. The first-order valence-corrected chi connectivity index (χ1v) is 8.79. The Morgan fingerprint density at radius 3 is 2.92 bits per heavy atom. The normalized spacial score (nSPS) is 19.2. The van der Waals surface area contributed by atoms with E-state index in [0.717, 1.165) is 13.1 Å². The molecule has 2 aromatic rings. The predicted octanol–water partition coefficient (Wildman–Crippen LogP) is 1.35. The molecule has 3 N–H and O–H groups in total. The zero-order valence-electron chi connectivity index (χ0n) is 13.7. The number of thiophene rings is 1. The summed E-state index contributed by atoms with van der Waals surface area (Å²) >= 11 is 1.77. The van der Waals surface area contributed by atoms with Gasteiger partial charge in [0.2, 0.25) is 0 Å². The number of nitrogens with two attached hydrogens (primary N) is 1. The molecule has 1 aliphatic heterocycles. The van der Waals surface area contributed by atoms with Crippen LogP contribution < -0.4 is 5.73 Å². The molecule has 0 spiro atoms. The molecule has 2 aromatic heterocycles. The van der Waals surface area contributed by atoms with Gasteiger partial charge in [-0.2, -0.15) is 0 Å². The number of nitrogens with zero attached hydrogens (tertiary/aromatic N) is 3. The van der Waals surface area contributed by atoms with Crippen molar-refractivity contribution in [1.82, 2.24) is 14.8 Å². The molecule has 1 atom stereocenters. The maximum Gasteiger partial charge on any atom is 0.272 e. The van der Waals surface area contributed by atoms with Gasteiger partial charge in [0.1, 0.15) is 5.69 Å². The van der Waals surface area contributed by atoms with Crippen molar-refractivity contribution in [3.05, 3.63) is 45.9 Å². The topological polar surface area (TPSA) is 82.7 Å². The van der Waals surface area contributed by atoms with E-state index in [1.807, 2.05) is 0 Å². The number of aromatic nitrogens is 1. The number of aliphatic hydroxyl groups excluding tert-OH is 1. The van der Waals surface area contributed by atoms with Gasteiger partial charge in [0.25, 0.3) is 5.91 Å². The summed E-state index contributed by atoms with van der Waals surface area (Å²) in [5.74, 6) is -0.185. The fourth-order valence-electron chi connectivity index (χ4n) is 2.90. The molecule has 0 aliphatic carbocycles. The number of pyridine rings is 1. The van der Waals surface area contributed by atoms with Crippen LogP contribution >= 0.6 is 11.3 Å².